The van der Waals surface area contributed by atoms with Crippen molar-refractivity contribution >= 4 is 35.2 Å². The zero-order valence-corrected chi connectivity index (χ0v) is 15.7. The van der Waals surface area contributed by atoms with Gasteiger partial charge in [-0.15, -0.1) is 11.8 Å². The first-order chi connectivity index (χ1) is 12.2. The third-order valence-electron chi connectivity index (χ3n) is 4.82. The van der Waals surface area contributed by atoms with Crippen molar-refractivity contribution in [3.05, 3.63) is 29.6 Å². The molecule has 2 aliphatic rings. The molecular weight excluding hydrogens is 359 g/mol. The Morgan fingerprint density at radius 3 is 2.88 bits per heavy atom. The van der Waals surface area contributed by atoms with Crippen LogP contribution in [0.25, 0.3) is 0 Å². The fourth-order valence-electron chi connectivity index (χ4n) is 3.22. The van der Waals surface area contributed by atoms with E-state index in [2.05, 4.69) is 5.32 Å². The van der Waals surface area contributed by atoms with Crippen LogP contribution in [0.5, 0.6) is 0 Å². The number of halogens is 1. The van der Waals surface area contributed by atoms with Gasteiger partial charge < -0.3 is 15.0 Å². The number of nitrogens with zero attached hydrogens (tertiary/aromatic N) is 1. The molecule has 6 nitrogen and oxygen atoms in total. The molecule has 3 rings (SSSR count). The highest BCUT2D eigenvalue weighted by molar-refractivity contribution is 8.01. The summed E-state index contributed by atoms with van der Waals surface area (Å²) in [4.78, 5) is 38.0. The van der Waals surface area contributed by atoms with Crippen molar-refractivity contribution in [1.82, 2.24) is 4.90 Å². The quantitative estimate of drug-likeness (QED) is 0.812. The molecule has 0 spiro atoms. The number of amides is 2. The molecule has 1 aromatic rings. The number of nitrogens with one attached hydrogen (secondary N) is 1. The smallest absolute Gasteiger partial charge is 0.330 e. The van der Waals surface area contributed by atoms with Gasteiger partial charge in [0.25, 0.3) is 5.91 Å². The van der Waals surface area contributed by atoms with Crippen LogP contribution in [-0.4, -0.2) is 45.5 Å². The highest BCUT2D eigenvalue weighted by atomic mass is 32.2. The highest BCUT2D eigenvalue weighted by Gasteiger charge is 2.53. The monoisotopic (exact) mass is 380 g/mol. The van der Waals surface area contributed by atoms with Gasteiger partial charge in [0, 0.05) is 17.9 Å². The molecule has 2 aliphatic heterocycles. The lowest BCUT2D eigenvalue weighted by molar-refractivity contribution is -0.160. The van der Waals surface area contributed by atoms with Gasteiger partial charge >= 0.3 is 5.97 Å². The Morgan fingerprint density at radius 1 is 1.46 bits per heavy atom. The molecule has 140 valence electrons. The van der Waals surface area contributed by atoms with Gasteiger partial charge in [0.2, 0.25) is 5.91 Å². The van der Waals surface area contributed by atoms with Crippen LogP contribution in [0.15, 0.2) is 18.2 Å². The number of esters is 1. The Balaban J connectivity index is 1.61. The number of thioether (sulfide) groups is 1. The Morgan fingerprint density at radius 2 is 2.19 bits per heavy atom. The van der Waals surface area contributed by atoms with E-state index in [1.54, 1.807) is 35.7 Å². The van der Waals surface area contributed by atoms with E-state index in [9.17, 15) is 18.8 Å². The van der Waals surface area contributed by atoms with E-state index in [-0.39, 0.29) is 10.8 Å². The van der Waals surface area contributed by atoms with Gasteiger partial charge in [-0.1, -0.05) is 6.07 Å². The Bertz CT molecular complexity index is 772. The van der Waals surface area contributed by atoms with E-state index in [0.29, 0.717) is 29.8 Å². The van der Waals surface area contributed by atoms with Crippen LogP contribution in [0.3, 0.4) is 0 Å². The SMILES string of the molecule is Cc1ccc(NC(=O)[C@H](C)OC(=O)[C@H]2CS[C@@]3(C)CCC(=O)N23)cc1F. The van der Waals surface area contributed by atoms with Crippen molar-refractivity contribution in [3.63, 3.8) is 0 Å². The van der Waals surface area contributed by atoms with Crippen molar-refractivity contribution in [3.8, 4) is 0 Å². The van der Waals surface area contributed by atoms with Gasteiger partial charge in [-0.3, -0.25) is 9.59 Å². The summed E-state index contributed by atoms with van der Waals surface area (Å²) in [5.74, 6) is -1.18. The fraction of sp³-hybridized carbons (Fsp3) is 0.500. The minimum absolute atomic E-state index is 0.0633. The standard InChI is InChI=1S/C18H21FN2O4S/c1-10-4-5-12(8-13(10)19)20-16(23)11(2)25-17(24)14-9-26-18(3)7-6-15(22)21(14)18/h4-5,8,11,14H,6-7,9H2,1-3H3,(H,20,23)/t11-,14+,18-/m0/s1. The minimum Gasteiger partial charge on any atom is -0.451 e. The van der Waals surface area contributed by atoms with Gasteiger partial charge in [0.05, 0.1) is 4.87 Å². The number of anilines is 1. The lowest BCUT2D eigenvalue weighted by Gasteiger charge is -2.29. The first-order valence-electron chi connectivity index (χ1n) is 8.45. The first kappa shape index (κ1) is 18.7. The van der Waals surface area contributed by atoms with Crippen LogP contribution in [0.2, 0.25) is 0 Å². The van der Waals surface area contributed by atoms with E-state index in [1.807, 2.05) is 6.92 Å². The van der Waals surface area contributed by atoms with Crippen molar-refractivity contribution in [2.45, 2.75) is 50.6 Å². The number of hydrogen-bond donors (Lipinski definition) is 1. The summed E-state index contributed by atoms with van der Waals surface area (Å²) >= 11 is 1.56. The fourth-order valence-corrected chi connectivity index (χ4v) is 4.63. The van der Waals surface area contributed by atoms with Crippen LogP contribution in [0.4, 0.5) is 10.1 Å². The molecule has 0 aliphatic carbocycles. The van der Waals surface area contributed by atoms with Crippen molar-refractivity contribution in [2.24, 2.45) is 0 Å². The number of benzene rings is 1. The molecule has 2 saturated heterocycles. The molecule has 0 unspecified atom stereocenters. The average molecular weight is 380 g/mol. The molecule has 1 aromatic carbocycles. The summed E-state index contributed by atoms with van der Waals surface area (Å²) in [7, 11) is 0. The molecule has 26 heavy (non-hydrogen) atoms. The maximum Gasteiger partial charge on any atom is 0.330 e. The molecule has 2 amide bonds. The molecule has 2 fully saturated rings. The molecular formula is C18H21FN2O4S. The van der Waals surface area contributed by atoms with Gasteiger partial charge in [0.15, 0.2) is 6.10 Å². The number of ether oxygens (including phenoxy) is 1. The third kappa shape index (κ3) is 3.42. The molecule has 1 N–H and O–H groups in total. The van der Waals surface area contributed by atoms with Crippen LogP contribution >= 0.6 is 11.8 Å². The minimum atomic E-state index is -1.05. The van der Waals surface area contributed by atoms with Crippen molar-refractivity contribution in [2.75, 3.05) is 11.1 Å². The zero-order valence-electron chi connectivity index (χ0n) is 14.9. The van der Waals surface area contributed by atoms with E-state index in [1.165, 1.54) is 13.0 Å². The van der Waals surface area contributed by atoms with Crippen LogP contribution in [-0.2, 0) is 19.1 Å². The second-order valence-corrected chi connectivity index (χ2v) is 8.30. The van der Waals surface area contributed by atoms with E-state index in [0.717, 1.165) is 0 Å². The van der Waals surface area contributed by atoms with Crippen molar-refractivity contribution < 1.29 is 23.5 Å². The van der Waals surface area contributed by atoms with Crippen LogP contribution < -0.4 is 5.32 Å². The third-order valence-corrected chi connectivity index (χ3v) is 6.32. The predicted molar refractivity (Wildman–Crippen MR) is 96.1 cm³/mol. The normalized spacial score (nSPS) is 25.8. The summed E-state index contributed by atoms with van der Waals surface area (Å²) in [6.07, 6.45) is 0.0684. The second-order valence-electron chi connectivity index (χ2n) is 6.80. The summed E-state index contributed by atoms with van der Waals surface area (Å²) in [5.41, 5.74) is 0.763. The Kier molecular flexibility index (Phi) is 4.96. The number of fused-ring (bicyclic) bond motifs is 1. The summed E-state index contributed by atoms with van der Waals surface area (Å²) < 4.78 is 18.8. The van der Waals surface area contributed by atoms with E-state index in [4.69, 9.17) is 4.74 Å². The molecule has 0 bridgehead atoms. The van der Waals surface area contributed by atoms with Gasteiger partial charge in [-0.05, 0) is 44.9 Å². The topological polar surface area (TPSA) is 75.7 Å². The number of carbonyl (C=O) groups excluding carboxylic acids is 3. The molecule has 8 heteroatoms. The lowest BCUT2D eigenvalue weighted by Crippen LogP contribution is -2.48. The van der Waals surface area contributed by atoms with Crippen LogP contribution in [0.1, 0.15) is 32.3 Å². The lowest BCUT2D eigenvalue weighted by atomic mass is 10.2. The summed E-state index contributed by atoms with van der Waals surface area (Å²) in [5, 5.41) is 2.53. The number of aryl methyl sites for hydroxylation is 1. The molecule has 0 radical (unpaired) electrons. The van der Waals surface area contributed by atoms with Gasteiger partial charge in [-0.2, -0.15) is 0 Å². The summed E-state index contributed by atoms with van der Waals surface area (Å²) in [6, 6.07) is 3.67. The van der Waals surface area contributed by atoms with E-state index >= 15 is 0 Å². The van der Waals surface area contributed by atoms with E-state index < -0.39 is 29.8 Å². The summed E-state index contributed by atoms with van der Waals surface area (Å²) in [6.45, 7) is 5.02. The first-order valence-corrected chi connectivity index (χ1v) is 9.43. The second kappa shape index (κ2) is 6.90. The Hall–Kier alpha value is -2.09. The molecule has 0 saturated carbocycles. The largest absolute Gasteiger partial charge is 0.451 e. The zero-order chi connectivity index (χ0) is 19.1. The maximum absolute atomic E-state index is 13.6. The number of hydrogen-bond acceptors (Lipinski definition) is 5. The average Bonchev–Trinajstić information content (AvgIpc) is 3.07. The molecule has 3 atom stereocenters. The maximum atomic E-state index is 13.6. The Labute approximate surface area is 155 Å². The number of carbonyl (C=O) groups is 3. The van der Waals surface area contributed by atoms with Crippen LogP contribution in [0, 0.1) is 12.7 Å². The molecule has 0 aromatic heterocycles. The van der Waals surface area contributed by atoms with Gasteiger partial charge in [-0.25, -0.2) is 9.18 Å². The van der Waals surface area contributed by atoms with Gasteiger partial charge in [0.1, 0.15) is 11.9 Å². The highest BCUT2D eigenvalue weighted by Crippen LogP contribution is 2.47. The number of rotatable bonds is 4. The van der Waals surface area contributed by atoms with Crippen molar-refractivity contribution in [1.29, 1.82) is 0 Å². The predicted octanol–water partition coefficient (Wildman–Crippen LogP) is 2.46. The molecule has 2 heterocycles.